The summed E-state index contributed by atoms with van der Waals surface area (Å²) < 4.78 is 0. The molecule has 4 rings (SSSR count). The lowest BCUT2D eigenvalue weighted by atomic mass is 9.75. The number of imide groups is 1. The molecule has 2 aliphatic rings. The Labute approximate surface area is 192 Å². The third-order valence-electron chi connectivity index (χ3n) is 5.95. The maximum Gasteiger partial charge on any atom is 0.261 e. The largest absolute Gasteiger partial charge is 0.511 e. The van der Waals surface area contributed by atoms with E-state index in [0.717, 1.165) is 0 Å². The predicted octanol–water partition coefficient (Wildman–Crippen LogP) is 4.74. The van der Waals surface area contributed by atoms with Crippen LogP contribution in [0.3, 0.4) is 0 Å². The van der Waals surface area contributed by atoms with Gasteiger partial charge >= 0.3 is 0 Å². The molecule has 2 N–H and O–H groups in total. The Morgan fingerprint density at radius 1 is 0.939 bits per heavy atom. The van der Waals surface area contributed by atoms with Gasteiger partial charge in [-0.05, 0) is 42.5 Å². The van der Waals surface area contributed by atoms with Crippen LogP contribution in [0.4, 0.5) is 5.69 Å². The van der Waals surface area contributed by atoms with Gasteiger partial charge in [-0.15, -0.1) is 0 Å². The summed E-state index contributed by atoms with van der Waals surface area (Å²) in [5.41, 5.74) is 1.20. The van der Waals surface area contributed by atoms with Gasteiger partial charge in [-0.3, -0.25) is 19.3 Å². The molecule has 33 heavy (non-hydrogen) atoms. The number of aliphatic imine (C=N–C) groups is 1. The number of carbonyl (C=O) groups excluding carboxylic acids is 3. The van der Waals surface area contributed by atoms with Crippen molar-refractivity contribution in [2.45, 2.75) is 39.5 Å². The molecule has 2 amide bonds. The van der Waals surface area contributed by atoms with Crippen molar-refractivity contribution in [2.24, 2.45) is 10.4 Å². The quantitative estimate of drug-likeness (QED) is 0.492. The smallest absolute Gasteiger partial charge is 0.261 e. The zero-order valence-electron chi connectivity index (χ0n) is 18.7. The molecule has 0 unspecified atom stereocenters. The van der Waals surface area contributed by atoms with Crippen LogP contribution < -0.4 is 0 Å². The van der Waals surface area contributed by atoms with Gasteiger partial charge in [-0.25, -0.2) is 4.99 Å². The zero-order chi connectivity index (χ0) is 23.8. The molecule has 2 aromatic rings. The fourth-order valence-electron chi connectivity index (χ4n) is 4.40. The highest BCUT2D eigenvalue weighted by Gasteiger charge is 2.36. The number of rotatable bonds is 6. The van der Waals surface area contributed by atoms with E-state index in [1.54, 1.807) is 42.5 Å². The number of benzene rings is 2. The topological polar surface area (TPSA) is 107 Å². The average Bonchev–Trinajstić information content (AvgIpc) is 2.99. The van der Waals surface area contributed by atoms with E-state index < -0.39 is 0 Å². The summed E-state index contributed by atoms with van der Waals surface area (Å²) in [4.78, 5) is 43.9. The number of phenols is 1. The minimum atomic E-state index is -0.356. The van der Waals surface area contributed by atoms with Crippen LogP contribution in [0.15, 0.2) is 64.9 Å². The maximum atomic E-state index is 12.9. The maximum absolute atomic E-state index is 12.9. The Hall–Kier alpha value is -3.74. The van der Waals surface area contributed by atoms with Crippen LogP contribution in [0.1, 0.15) is 60.2 Å². The van der Waals surface area contributed by atoms with E-state index in [0.29, 0.717) is 29.7 Å². The van der Waals surface area contributed by atoms with E-state index in [9.17, 15) is 24.6 Å². The van der Waals surface area contributed by atoms with Crippen LogP contribution in [-0.2, 0) is 4.79 Å². The van der Waals surface area contributed by atoms with Gasteiger partial charge in [-0.2, -0.15) is 0 Å². The van der Waals surface area contributed by atoms with Crippen LogP contribution in [-0.4, -0.2) is 45.0 Å². The van der Waals surface area contributed by atoms with Crippen molar-refractivity contribution in [3.8, 4) is 5.75 Å². The summed E-state index contributed by atoms with van der Waals surface area (Å²) in [6.07, 6.45) is 1.20. The van der Waals surface area contributed by atoms with Crippen molar-refractivity contribution in [1.82, 2.24) is 4.90 Å². The highest BCUT2D eigenvalue weighted by atomic mass is 16.3. The number of fused-ring (bicyclic) bond motifs is 1. The first kappa shape index (κ1) is 22.5. The lowest BCUT2D eigenvalue weighted by molar-refractivity contribution is -0.118. The Bertz CT molecular complexity index is 1170. The number of aliphatic hydroxyl groups excluding tert-OH is 1. The van der Waals surface area contributed by atoms with E-state index >= 15 is 0 Å². The fourth-order valence-corrected chi connectivity index (χ4v) is 4.40. The molecule has 7 heteroatoms. The van der Waals surface area contributed by atoms with Crippen molar-refractivity contribution in [3.63, 3.8) is 0 Å². The van der Waals surface area contributed by atoms with Crippen LogP contribution >= 0.6 is 0 Å². The number of hydrogen-bond acceptors (Lipinski definition) is 6. The first-order chi connectivity index (χ1) is 15.7. The molecule has 170 valence electrons. The number of ketones is 1. The monoisotopic (exact) mass is 446 g/mol. The molecule has 1 aliphatic heterocycles. The number of Topliss-reactive ketones (excluding diaryl/α,β-unsaturated/α-hetero) is 1. The molecule has 1 heterocycles. The summed E-state index contributed by atoms with van der Waals surface area (Å²) in [7, 11) is 0. The lowest BCUT2D eigenvalue weighted by Crippen LogP contribution is -2.32. The first-order valence-electron chi connectivity index (χ1n) is 10.9. The number of hydrogen-bond donors (Lipinski definition) is 2. The third-order valence-corrected chi connectivity index (χ3v) is 5.95. The number of aliphatic hydroxyl groups is 1. The Kier molecular flexibility index (Phi) is 5.89. The summed E-state index contributed by atoms with van der Waals surface area (Å²) in [6, 6.07) is 13.2. The number of para-hydroxylation sites is 2. The summed E-state index contributed by atoms with van der Waals surface area (Å²) >= 11 is 0. The van der Waals surface area contributed by atoms with Gasteiger partial charge in [-0.1, -0.05) is 38.1 Å². The van der Waals surface area contributed by atoms with Crippen molar-refractivity contribution in [3.05, 3.63) is 71.0 Å². The van der Waals surface area contributed by atoms with Crippen LogP contribution in [0.2, 0.25) is 0 Å². The number of carbonyl (C=O) groups is 3. The van der Waals surface area contributed by atoms with E-state index in [1.807, 2.05) is 13.8 Å². The lowest BCUT2D eigenvalue weighted by Gasteiger charge is -2.30. The number of aromatic hydroxyl groups is 1. The summed E-state index contributed by atoms with van der Waals surface area (Å²) in [5, 5.41) is 20.9. The van der Waals surface area contributed by atoms with Gasteiger partial charge < -0.3 is 10.2 Å². The first-order valence-corrected chi connectivity index (χ1v) is 10.9. The van der Waals surface area contributed by atoms with E-state index in [1.165, 1.54) is 11.0 Å². The molecule has 0 atom stereocenters. The van der Waals surface area contributed by atoms with Gasteiger partial charge in [0.1, 0.15) is 17.2 Å². The Balaban J connectivity index is 1.59. The number of phenolic OH excluding ortho intramolecular Hbond substituents is 1. The molecule has 0 spiro atoms. The second kappa shape index (κ2) is 8.65. The van der Waals surface area contributed by atoms with Gasteiger partial charge in [0.15, 0.2) is 5.78 Å². The number of nitrogens with zero attached hydrogens (tertiary/aromatic N) is 2. The number of amides is 2. The molecule has 7 nitrogen and oxygen atoms in total. The van der Waals surface area contributed by atoms with Crippen molar-refractivity contribution in [2.75, 3.05) is 6.54 Å². The molecule has 0 saturated heterocycles. The van der Waals surface area contributed by atoms with Crippen LogP contribution in [0.5, 0.6) is 5.75 Å². The number of allylic oxidation sites excluding steroid dienone is 2. The SMILES string of the molecule is CC1(C)CC(=O)C(C(CCCN2C(=O)c3ccccc3C2=O)=Nc2ccccc2O)=C(O)C1. The Morgan fingerprint density at radius 2 is 1.55 bits per heavy atom. The predicted molar refractivity (Wildman–Crippen MR) is 124 cm³/mol. The summed E-state index contributed by atoms with van der Waals surface area (Å²) in [6.45, 7) is 3.99. The van der Waals surface area contributed by atoms with E-state index in [-0.39, 0.29) is 65.2 Å². The molecule has 0 fully saturated rings. The van der Waals surface area contributed by atoms with E-state index in [2.05, 4.69) is 4.99 Å². The third kappa shape index (κ3) is 4.44. The minimum absolute atomic E-state index is 0.0221. The van der Waals surface area contributed by atoms with Crippen LogP contribution in [0.25, 0.3) is 0 Å². The molecule has 0 saturated carbocycles. The molecule has 2 aromatic carbocycles. The molecule has 0 radical (unpaired) electrons. The second-order valence-corrected chi connectivity index (χ2v) is 9.22. The zero-order valence-corrected chi connectivity index (χ0v) is 18.7. The minimum Gasteiger partial charge on any atom is -0.511 e. The second-order valence-electron chi connectivity index (χ2n) is 9.22. The fraction of sp³-hybridized carbons (Fsp3) is 0.308. The highest BCUT2D eigenvalue weighted by Crippen LogP contribution is 2.37. The standard InChI is InChI=1S/C26H26N2O5/c1-26(2)14-21(30)23(22(31)15-26)19(27-18-10-5-6-12-20(18)29)11-7-13-28-24(32)16-8-3-4-9-17(16)25(28)33/h3-6,8-10,12,29-30H,7,11,13-15H2,1-2H3. The highest BCUT2D eigenvalue weighted by molar-refractivity contribution is 6.24. The molecular weight excluding hydrogens is 420 g/mol. The average molecular weight is 447 g/mol. The van der Waals surface area contributed by atoms with Crippen molar-refractivity contribution < 1.29 is 24.6 Å². The van der Waals surface area contributed by atoms with Crippen molar-refractivity contribution >= 4 is 29.0 Å². The van der Waals surface area contributed by atoms with Crippen LogP contribution in [0, 0.1) is 5.41 Å². The van der Waals surface area contributed by atoms with Gasteiger partial charge in [0.25, 0.3) is 11.8 Å². The normalized spacial score (nSPS) is 18.2. The molecule has 1 aliphatic carbocycles. The molecule has 0 bridgehead atoms. The van der Waals surface area contributed by atoms with Crippen molar-refractivity contribution in [1.29, 1.82) is 0 Å². The van der Waals surface area contributed by atoms with Gasteiger partial charge in [0.05, 0.1) is 22.4 Å². The molecule has 0 aromatic heterocycles. The van der Waals surface area contributed by atoms with E-state index in [4.69, 9.17) is 0 Å². The molecular formula is C26H26N2O5. The van der Waals surface area contributed by atoms with Gasteiger partial charge in [0, 0.05) is 19.4 Å². The Morgan fingerprint density at radius 3 is 2.15 bits per heavy atom. The summed E-state index contributed by atoms with van der Waals surface area (Å²) in [5.74, 6) is -0.955. The van der Waals surface area contributed by atoms with Gasteiger partial charge in [0.2, 0.25) is 0 Å².